The number of carbonyl (C=O) groups excluding carboxylic acids is 1. The van der Waals surface area contributed by atoms with Crippen LogP contribution in [0.15, 0.2) is 35.7 Å². The monoisotopic (exact) mass is 326 g/mol. The minimum absolute atomic E-state index is 0.118. The summed E-state index contributed by atoms with van der Waals surface area (Å²) in [7, 11) is 0. The van der Waals surface area contributed by atoms with Crippen LogP contribution in [0.2, 0.25) is 0 Å². The van der Waals surface area contributed by atoms with Crippen molar-refractivity contribution in [3.8, 4) is 10.6 Å². The summed E-state index contributed by atoms with van der Waals surface area (Å²) in [6.07, 6.45) is 6.54. The highest BCUT2D eigenvalue weighted by Gasteiger charge is 2.33. The number of benzene rings is 1. The minimum Gasteiger partial charge on any atom is -0.337 e. The number of aromatic nitrogens is 1. The van der Waals surface area contributed by atoms with Crippen LogP contribution in [0.4, 0.5) is 0 Å². The van der Waals surface area contributed by atoms with Gasteiger partial charge in [-0.25, -0.2) is 4.98 Å². The van der Waals surface area contributed by atoms with Gasteiger partial charge in [0.25, 0.3) is 5.91 Å². The van der Waals surface area contributed by atoms with Gasteiger partial charge in [0, 0.05) is 24.0 Å². The van der Waals surface area contributed by atoms with Crippen molar-refractivity contribution in [2.45, 2.75) is 32.1 Å². The lowest BCUT2D eigenvalue weighted by Crippen LogP contribution is -2.44. The number of thiazole rings is 1. The Morgan fingerprint density at radius 1 is 1.09 bits per heavy atom. The topological polar surface area (TPSA) is 33.2 Å². The third-order valence-electron chi connectivity index (χ3n) is 5.32. The molecule has 4 heteroatoms. The number of piperidine rings is 1. The van der Waals surface area contributed by atoms with E-state index >= 15 is 0 Å². The third-order valence-corrected chi connectivity index (χ3v) is 6.21. The summed E-state index contributed by atoms with van der Waals surface area (Å²) in [5.41, 5.74) is 1.70. The molecule has 0 radical (unpaired) electrons. The SMILES string of the molecule is O=C(c1csc(-c2ccccc2)n1)N1CC[C@H]2CCCC[C@@H]2C1. The van der Waals surface area contributed by atoms with E-state index in [2.05, 4.69) is 4.98 Å². The van der Waals surface area contributed by atoms with Crippen LogP contribution in [0.1, 0.15) is 42.6 Å². The zero-order valence-electron chi connectivity index (χ0n) is 13.3. The van der Waals surface area contributed by atoms with E-state index in [9.17, 15) is 4.79 Å². The van der Waals surface area contributed by atoms with Crippen LogP contribution in [0.3, 0.4) is 0 Å². The van der Waals surface area contributed by atoms with Gasteiger partial charge in [-0.3, -0.25) is 4.79 Å². The summed E-state index contributed by atoms with van der Waals surface area (Å²) in [4.78, 5) is 19.4. The first kappa shape index (κ1) is 14.9. The molecule has 0 unspecified atom stereocenters. The third kappa shape index (κ3) is 3.05. The molecule has 1 aliphatic heterocycles. The lowest BCUT2D eigenvalue weighted by Gasteiger charge is -2.41. The van der Waals surface area contributed by atoms with Crippen LogP contribution in [0, 0.1) is 11.8 Å². The van der Waals surface area contributed by atoms with Crippen molar-refractivity contribution in [3.05, 3.63) is 41.4 Å². The number of nitrogens with zero attached hydrogens (tertiary/aromatic N) is 2. The van der Waals surface area contributed by atoms with Crippen molar-refractivity contribution in [1.29, 1.82) is 0 Å². The maximum Gasteiger partial charge on any atom is 0.273 e. The molecule has 1 saturated heterocycles. The zero-order valence-corrected chi connectivity index (χ0v) is 14.1. The van der Waals surface area contributed by atoms with Crippen LogP contribution in [0.25, 0.3) is 10.6 Å². The van der Waals surface area contributed by atoms with Crippen molar-refractivity contribution in [3.63, 3.8) is 0 Å². The number of rotatable bonds is 2. The number of carbonyl (C=O) groups is 1. The van der Waals surface area contributed by atoms with Crippen LogP contribution in [-0.4, -0.2) is 28.9 Å². The van der Waals surface area contributed by atoms with E-state index in [1.165, 1.54) is 32.1 Å². The summed E-state index contributed by atoms with van der Waals surface area (Å²) in [5, 5.41) is 2.85. The zero-order chi connectivity index (χ0) is 15.6. The highest BCUT2D eigenvalue weighted by atomic mass is 32.1. The van der Waals surface area contributed by atoms with E-state index in [1.54, 1.807) is 11.3 Å². The van der Waals surface area contributed by atoms with Gasteiger partial charge in [0.1, 0.15) is 10.7 Å². The van der Waals surface area contributed by atoms with Crippen LogP contribution < -0.4 is 0 Å². The normalized spacial score (nSPS) is 24.3. The lowest BCUT2D eigenvalue weighted by atomic mass is 9.75. The Morgan fingerprint density at radius 3 is 2.70 bits per heavy atom. The lowest BCUT2D eigenvalue weighted by molar-refractivity contribution is 0.0516. The molecule has 23 heavy (non-hydrogen) atoms. The Kier molecular flexibility index (Phi) is 4.17. The molecule has 4 rings (SSSR count). The maximum absolute atomic E-state index is 12.8. The van der Waals surface area contributed by atoms with Gasteiger partial charge < -0.3 is 4.90 Å². The van der Waals surface area contributed by atoms with Crippen molar-refractivity contribution < 1.29 is 4.79 Å². The van der Waals surface area contributed by atoms with Gasteiger partial charge in [0.05, 0.1) is 0 Å². The van der Waals surface area contributed by atoms with Gasteiger partial charge in [-0.15, -0.1) is 11.3 Å². The fourth-order valence-corrected chi connectivity index (χ4v) is 4.83. The predicted octanol–water partition coefficient (Wildman–Crippen LogP) is 4.46. The largest absolute Gasteiger partial charge is 0.337 e. The van der Waals surface area contributed by atoms with Crippen molar-refractivity contribution in [2.24, 2.45) is 11.8 Å². The molecular weight excluding hydrogens is 304 g/mol. The quantitative estimate of drug-likeness (QED) is 0.816. The highest BCUT2D eigenvalue weighted by molar-refractivity contribution is 7.13. The molecule has 2 heterocycles. The maximum atomic E-state index is 12.8. The van der Waals surface area contributed by atoms with Crippen molar-refractivity contribution in [1.82, 2.24) is 9.88 Å². The van der Waals surface area contributed by atoms with Gasteiger partial charge in [0.2, 0.25) is 0 Å². The molecule has 1 aromatic heterocycles. The van der Waals surface area contributed by atoms with Gasteiger partial charge >= 0.3 is 0 Å². The first-order valence-corrected chi connectivity index (χ1v) is 9.49. The first-order valence-electron chi connectivity index (χ1n) is 8.61. The molecule has 1 aliphatic carbocycles. The fourth-order valence-electron chi connectivity index (χ4n) is 4.03. The number of amides is 1. The average molecular weight is 326 g/mol. The van der Waals surface area contributed by atoms with Gasteiger partial charge in [0.15, 0.2) is 0 Å². The fraction of sp³-hybridized carbons (Fsp3) is 0.474. The standard InChI is InChI=1S/C19H22N2OS/c22-19(21-11-10-14-6-4-5-9-16(14)12-21)17-13-23-18(20-17)15-7-2-1-3-8-15/h1-3,7-8,13-14,16H,4-6,9-12H2/t14-,16-/m1/s1. The van der Waals surface area contributed by atoms with Gasteiger partial charge in [-0.05, 0) is 24.7 Å². The number of hydrogen-bond donors (Lipinski definition) is 0. The molecule has 3 nitrogen and oxygen atoms in total. The molecule has 2 fully saturated rings. The summed E-state index contributed by atoms with van der Waals surface area (Å²) >= 11 is 1.56. The molecule has 0 N–H and O–H groups in total. The Balaban J connectivity index is 1.48. The van der Waals surface area contributed by atoms with Crippen LogP contribution in [-0.2, 0) is 0 Å². The van der Waals surface area contributed by atoms with E-state index in [1.807, 2.05) is 40.6 Å². The second-order valence-electron chi connectivity index (χ2n) is 6.75. The highest BCUT2D eigenvalue weighted by Crippen LogP contribution is 2.36. The molecule has 0 spiro atoms. The van der Waals surface area contributed by atoms with Gasteiger partial charge in [-0.1, -0.05) is 49.6 Å². The Hall–Kier alpha value is -1.68. The van der Waals surface area contributed by atoms with E-state index in [4.69, 9.17) is 0 Å². The summed E-state index contributed by atoms with van der Waals surface area (Å²) in [6, 6.07) is 10.1. The number of likely N-dealkylation sites (tertiary alicyclic amines) is 1. The summed E-state index contributed by atoms with van der Waals surface area (Å²) in [6.45, 7) is 1.83. The average Bonchev–Trinajstić information content (AvgIpc) is 3.11. The van der Waals surface area contributed by atoms with Crippen molar-refractivity contribution >= 4 is 17.2 Å². The molecule has 1 aromatic carbocycles. The molecule has 2 aliphatic rings. The molecular formula is C19H22N2OS. The predicted molar refractivity (Wildman–Crippen MR) is 93.5 cm³/mol. The molecule has 2 atom stereocenters. The van der Waals surface area contributed by atoms with E-state index < -0.39 is 0 Å². The molecule has 0 bridgehead atoms. The molecule has 2 aromatic rings. The Morgan fingerprint density at radius 2 is 1.87 bits per heavy atom. The summed E-state index contributed by atoms with van der Waals surface area (Å²) in [5.74, 6) is 1.68. The molecule has 120 valence electrons. The van der Waals surface area contributed by atoms with Crippen LogP contribution >= 0.6 is 11.3 Å². The number of hydrogen-bond acceptors (Lipinski definition) is 3. The second-order valence-corrected chi connectivity index (χ2v) is 7.61. The second kappa shape index (κ2) is 6.44. The summed E-state index contributed by atoms with van der Waals surface area (Å²) < 4.78 is 0. The number of fused-ring (bicyclic) bond motifs is 1. The van der Waals surface area contributed by atoms with E-state index in [0.29, 0.717) is 11.6 Å². The smallest absolute Gasteiger partial charge is 0.273 e. The van der Waals surface area contributed by atoms with Crippen LogP contribution in [0.5, 0.6) is 0 Å². The molecule has 1 saturated carbocycles. The molecule has 1 amide bonds. The first-order chi connectivity index (χ1) is 11.3. The van der Waals surface area contributed by atoms with E-state index in [0.717, 1.165) is 29.6 Å². The minimum atomic E-state index is 0.118. The van der Waals surface area contributed by atoms with Crippen molar-refractivity contribution in [2.75, 3.05) is 13.1 Å². The van der Waals surface area contributed by atoms with E-state index in [-0.39, 0.29) is 5.91 Å². The van der Waals surface area contributed by atoms with Gasteiger partial charge in [-0.2, -0.15) is 0 Å². The Labute approximate surface area is 141 Å². The Bertz CT molecular complexity index is 682.